The molecule has 1 N–H and O–H groups in total. The van der Waals surface area contributed by atoms with Gasteiger partial charge in [0.25, 0.3) is 0 Å². The summed E-state index contributed by atoms with van der Waals surface area (Å²) in [5.74, 6) is 0. The zero-order valence-electron chi connectivity index (χ0n) is 21.3. The van der Waals surface area contributed by atoms with Crippen LogP contribution in [0.25, 0.3) is 12.2 Å². The molecule has 0 radical (unpaired) electrons. The molecule has 0 heterocycles. The van der Waals surface area contributed by atoms with Gasteiger partial charge in [0.2, 0.25) is 0 Å². The standard InChI is InChI=1S/C28H41BO2/c1-25(2,3)22-17-21(18-23(19-22)26(4,5)6)12-11-20-13-15-24(16-14-20)29-31-28(9,10)27(7,8)30/h11-19,29-30H,1-10H3/b12-11+. The van der Waals surface area contributed by atoms with Gasteiger partial charge in [-0.15, -0.1) is 0 Å². The molecular weight excluding hydrogens is 379 g/mol. The van der Waals surface area contributed by atoms with Crippen molar-refractivity contribution in [3.8, 4) is 0 Å². The van der Waals surface area contributed by atoms with Crippen LogP contribution in [0.2, 0.25) is 0 Å². The summed E-state index contributed by atoms with van der Waals surface area (Å²) >= 11 is 0. The predicted molar refractivity (Wildman–Crippen MR) is 137 cm³/mol. The van der Waals surface area contributed by atoms with Gasteiger partial charge in [-0.3, -0.25) is 0 Å². The van der Waals surface area contributed by atoms with E-state index >= 15 is 0 Å². The number of aliphatic hydroxyl groups is 1. The van der Waals surface area contributed by atoms with Crippen LogP contribution in [0.1, 0.15) is 91.5 Å². The summed E-state index contributed by atoms with van der Waals surface area (Å²) < 4.78 is 5.97. The van der Waals surface area contributed by atoms with Gasteiger partial charge < -0.3 is 9.76 Å². The number of hydrogen-bond donors (Lipinski definition) is 1. The highest BCUT2D eigenvalue weighted by molar-refractivity contribution is 6.47. The van der Waals surface area contributed by atoms with E-state index in [9.17, 15) is 5.11 Å². The van der Waals surface area contributed by atoms with Crippen molar-refractivity contribution in [3.05, 3.63) is 64.7 Å². The zero-order chi connectivity index (χ0) is 23.7. The largest absolute Gasteiger partial charge is 0.427 e. The molecule has 0 bridgehead atoms. The Labute approximate surface area is 191 Å². The first-order valence-electron chi connectivity index (χ1n) is 11.3. The Morgan fingerprint density at radius 2 is 1.13 bits per heavy atom. The molecule has 0 aliphatic rings. The van der Waals surface area contributed by atoms with Gasteiger partial charge in [0, 0.05) is 0 Å². The molecule has 0 fully saturated rings. The van der Waals surface area contributed by atoms with Crippen LogP contribution in [0.5, 0.6) is 0 Å². The molecule has 2 rings (SSSR count). The van der Waals surface area contributed by atoms with Crippen molar-refractivity contribution in [2.75, 3.05) is 0 Å². The fraction of sp³-hybridized carbons (Fsp3) is 0.500. The summed E-state index contributed by atoms with van der Waals surface area (Å²) in [7, 11) is 0.476. The van der Waals surface area contributed by atoms with Crippen LogP contribution in [-0.2, 0) is 15.5 Å². The molecular formula is C28H41BO2. The average molecular weight is 420 g/mol. The first kappa shape index (κ1) is 25.4. The van der Waals surface area contributed by atoms with Gasteiger partial charge in [-0.2, -0.15) is 0 Å². The third kappa shape index (κ3) is 7.09. The van der Waals surface area contributed by atoms with Crippen LogP contribution in [0.15, 0.2) is 42.5 Å². The zero-order valence-corrected chi connectivity index (χ0v) is 21.3. The van der Waals surface area contributed by atoms with Crippen LogP contribution < -0.4 is 5.46 Å². The van der Waals surface area contributed by atoms with Gasteiger partial charge in [-0.05, 0) is 60.8 Å². The Morgan fingerprint density at radius 3 is 1.55 bits per heavy atom. The number of rotatable bonds is 6. The highest BCUT2D eigenvalue weighted by atomic mass is 16.5. The van der Waals surface area contributed by atoms with Gasteiger partial charge in [0.1, 0.15) is 0 Å². The quantitative estimate of drug-likeness (QED) is 0.459. The highest BCUT2D eigenvalue weighted by Crippen LogP contribution is 2.31. The van der Waals surface area contributed by atoms with E-state index in [-0.39, 0.29) is 10.8 Å². The normalized spacial score (nSPS) is 13.6. The summed E-state index contributed by atoms with van der Waals surface area (Å²) in [5, 5.41) is 10.3. The van der Waals surface area contributed by atoms with Gasteiger partial charge in [-0.1, -0.05) is 102 Å². The van der Waals surface area contributed by atoms with E-state index in [4.69, 9.17) is 4.65 Å². The first-order valence-corrected chi connectivity index (χ1v) is 11.3. The third-order valence-electron chi connectivity index (χ3n) is 6.21. The maximum Gasteiger partial charge on any atom is 0.309 e. The lowest BCUT2D eigenvalue weighted by Crippen LogP contribution is -2.49. The van der Waals surface area contributed by atoms with E-state index in [1.807, 2.05) is 13.8 Å². The van der Waals surface area contributed by atoms with Crippen LogP contribution in [-0.4, -0.2) is 23.8 Å². The molecule has 0 unspecified atom stereocenters. The number of benzene rings is 2. The second-order valence-electron chi connectivity index (χ2n) is 11.8. The average Bonchev–Trinajstić information content (AvgIpc) is 2.63. The molecule has 0 saturated heterocycles. The molecule has 3 heteroatoms. The van der Waals surface area contributed by atoms with Crippen molar-refractivity contribution < 1.29 is 9.76 Å². The SMILES string of the molecule is CC(C)(C)c1cc(/C=C/c2ccc(BOC(C)(C)C(C)(C)O)cc2)cc(C(C)(C)C)c1. The topological polar surface area (TPSA) is 29.5 Å². The van der Waals surface area contributed by atoms with Gasteiger partial charge >= 0.3 is 7.48 Å². The fourth-order valence-electron chi connectivity index (χ4n) is 2.97. The summed E-state index contributed by atoms with van der Waals surface area (Å²) in [4.78, 5) is 0. The molecule has 0 aliphatic heterocycles. The maximum atomic E-state index is 10.3. The van der Waals surface area contributed by atoms with Crippen LogP contribution in [0.3, 0.4) is 0 Å². The number of hydrogen-bond acceptors (Lipinski definition) is 2. The minimum absolute atomic E-state index is 0.114. The van der Waals surface area contributed by atoms with Crippen molar-refractivity contribution in [1.29, 1.82) is 0 Å². The van der Waals surface area contributed by atoms with Crippen molar-refractivity contribution in [2.24, 2.45) is 0 Å². The molecule has 0 aromatic heterocycles. The molecule has 0 spiro atoms. The Kier molecular flexibility index (Phi) is 7.35. The van der Waals surface area contributed by atoms with Crippen molar-refractivity contribution in [2.45, 2.75) is 91.3 Å². The lowest BCUT2D eigenvalue weighted by Gasteiger charge is -2.37. The maximum absolute atomic E-state index is 10.3. The molecule has 2 aromatic rings. The third-order valence-corrected chi connectivity index (χ3v) is 6.21. The predicted octanol–water partition coefficient (Wildman–Crippen LogP) is 5.99. The molecule has 0 aliphatic carbocycles. The molecule has 31 heavy (non-hydrogen) atoms. The Hall–Kier alpha value is -1.84. The minimum atomic E-state index is -0.900. The van der Waals surface area contributed by atoms with Crippen molar-refractivity contribution in [1.82, 2.24) is 0 Å². The first-order chi connectivity index (χ1) is 14.0. The van der Waals surface area contributed by atoms with Gasteiger partial charge in [0.05, 0.1) is 11.2 Å². The lowest BCUT2D eigenvalue weighted by molar-refractivity contribution is -0.0893. The molecule has 2 nitrogen and oxygen atoms in total. The molecule has 0 amide bonds. The second-order valence-corrected chi connectivity index (χ2v) is 11.8. The Bertz CT molecular complexity index is 870. The van der Waals surface area contributed by atoms with E-state index in [0.717, 1.165) is 11.0 Å². The summed E-state index contributed by atoms with van der Waals surface area (Å²) in [6.07, 6.45) is 4.37. The van der Waals surface area contributed by atoms with Gasteiger partial charge in [-0.25, -0.2) is 0 Å². The fourth-order valence-corrected chi connectivity index (χ4v) is 2.97. The van der Waals surface area contributed by atoms with Crippen LogP contribution >= 0.6 is 0 Å². The molecule has 0 atom stereocenters. The van der Waals surface area contributed by atoms with E-state index in [1.54, 1.807) is 13.8 Å². The molecule has 0 saturated carbocycles. The highest BCUT2D eigenvalue weighted by Gasteiger charge is 2.35. The monoisotopic (exact) mass is 420 g/mol. The Morgan fingerprint density at radius 1 is 0.677 bits per heavy atom. The molecule has 2 aromatic carbocycles. The second kappa shape index (κ2) is 8.96. The van der Waals surface area contributed by atoms with Crippen molar-refractivity contribution >= 4 is 25.1 Å². The molecule has 168 valence electrons. The van der Waals surface area contributed by atoms with Crippen LogP contribution in [0, 0.1) is 0 Å². The summed E-state index contributed by atoms with van der Waals surface area (Å²) in [6.45, 7) is 21.0. The lowest BCUT2D eigenvalue weighted by atomic mass is 9.79. The van der Waals surface area contributed by atoms with Crippen molar-refractivity contribution in [3.63, 3.8) is 0 Å². The van der Waals surface area contributed by atoms with Crippen LogP contribution in [0.4, 0.5) is 0 Å². The van der Waals surface area contributed by atoms with E-state index in [2.05, 4.69) is 96.2 Å². The van der Waals surface area contributed by atoms with E-state index in [1.165, 1.54) is 16.7 Å². The summed E-state index contributed by atoms with van der Waals surface area (Å²) in [5.41, 5.74) is 4.92. The van der Waals surface area contributed by atoms with E-state index < -0.39 is 11.2 Å². The van der Waals surface area contributed by atoms with Gasteiger partial charge in [0.15, 0.2) is 0 Å². The Balaban J connectivity index is 2.19. The summed E-state index contributed by atoms with van der Waals surface area (Å²) in [6, 6.07) is 15.4. The minimum Gasteiger partial charge on any atom is -0.427 e. The smallest absolute Gasteiger partial charge is 0.309 e. The van der Waals surface area contributed by atoms with E-state index in [0.29, 0.717) is 7.48 Å².